The van der Waals surface area contributed by atoms with Crippen molar-refractivity contribution < 1.29 is 13.9 Å². The van der Waals surface area contributed by atoms with Crippen LogP contribution < -0.4 is 5.43 Å². The van der Waals surface area contributed by atoms with Crippen molar-refractivity contribution >= 4 is 28.5 Å². The number of ether oxygens (including phenoxy) is 1. The summed E-state index contributed by atoms with van der Waals surface area (Å²) in [7, 11) is 1.30. The lowest BCUT2D eigenvalue weighted by atomic mass is 9.99. The van der Waals surface area contributed by atoms with E-state index in [4.69, 9.17) is 20.8 Å². The Balaban J connectivity index is 2.37. The minimum Gasteiger partial charge on any atom is -0.465 e. The third kappa shape index (κ3) is 2.69. The lowest BCUT2D eigenvalue weighted by Crippen LogP contribution is -2.10. The average molecular weight is 343 g/mol. The summed E-state index contributed by atoms with van der Waals surface area (Å²) in [5.41, 5.74) is 2.56. The highest BCUT2D eigenvalue weighted by Gasteiger charge is 2.20. The van der Waals surface area contributed by atoms with Crippen molar-refractivity contribution in [1.29, 1.82) is 0 Å². The molecule has 5 heteroatoms. The van der Waals surface area contributed by atoms with Crippen LogP contribution in [0.15, 0.2) is 45.6 Å². The van der Waals surface area contributed by atoms with Crippen molar-refractivity contribution in [2.45, 2.75) is 13.8 Å². The summed E-state index contributed by atoms with van der Waals surface area (Å²) in [4.78, 5) is 24.7. The maximum Gasteiger partial charge on any atom is 0.341 e. The summed E-state index contributed by atoms with van der Waals surface area (Å²) in [6.07, 6.45) is 0. The van der Waals surface area contributed by atoms with Crippen molar-refractivity contribution in [1.82, 2.24) is 0 Å². The van der Waals surface area contributed by atoms with Gasteiger partial charge in [-0.3, -0.25) is 4.79 Å². The van der Waals surface area contributed by atoms with E-state index in [0.717, 1.165) is 11.1 Å². The Bertz CT molecular complexity index is 1000. The zero-order valence-corrected chi connectivity index (χ0v) is 14.2. The molecule has 1 aromatic heterocycles. The Hall–Kier alpha value is -2.59. The second-order valence-electron chi connectivity index (χ2n) is 5.54. The quantitative estimate of drug-likeness (QED) is 0.643. The molecule has 122 valence electrons. The lowest BCUT2D eigenvalue weighted by Gasteiger charge is -2.11. The predicted molar refractivity (Wildman–Crippen MR) is 93.7 cm³/mol. The van der Waals surface area contributed by atoms with E-state index in [-0.39, 0.29) is 16.6 Å². The van der Waals surface area contributed by atoms with Crippen LogP contribution in [0.4, 0.5) is 0 Å². The van der Waals surface area contributed by atoms with E-state index < -0.39 is 5.97 Å². The smallest absolute Gasteiger partial charge is 0.341 e. The first kappa shape index (κ1) is 16.3. The largest absolute Gasteiger partial charge is 0.465 e. The number of halogens is 1. The molecule has 0 radical (unpaired) electrons. The molecule has 0 atom stereocenters. The van der Waals surface area contributed by atoms with Crippen LogP contribution in [0, 0.1) is 13.8 Å². The van der Waals surface area contributed by atoms with Gasteiger partial charge in [0.15, 0.2) is 11.0 Å². The monoisotopic (exact) mass is 342 g/mol. The Labute approximate surface area is 143 Å². The Morgan fingerprint density at radius 2 is 1.79 bits per heavy atom. The SMILES string of the molecule is COC(=O)c1c(C)c(C)cc2c(=O)cc(-c3ccc(Cl)cc3)oc12. The molecule has 0 unspecified atom stereocenters. The van der Waals surface area contributed by atoms with E-state index in [1.807, 2.05) is 6.92 Å². The zero-order valence-electron chi connectivity index (χ0n) is 13.5. The van der Waals surface area contributed by atoms with Crippen molar-refractivity contribution in [2.24, 2.45) is 0 Å². The topological polar surface area (TPSA) is 56.5 Å². The van der Waals surface area contributed by atoms with Crippen LogP contribution in [0.2, 0.25) is 5.02 Å². The molecule has 0 N–H and O–H groups in total. The van der Waals surface area contributed by atoms with Crippen LogP contribution in [-0.4, -0.2) is 13.1 Å². The predicted octanol–water partition coefficient (Wildman–Crippen LogP) is 4.52. The third-order valence-electron chi connectivity index (χ3n) is 4.06. The Morgan fingerprint density at radius 3 is 2.42 bits per heavy atom. The fourth-order valence-corrected chi connectivity index (χ4v) is 2.75. The van der Waals surface area contributed by atoms with Gasteiger partial charge < -0.3 is 9.15 Å². The normalized spacial score (nSPS) is 10.8. The molecule has 0 aliphatic rings. The molecule has 0 aliphatic carbocycles. The van der Waals surface area contributed by atoms with Gasteiger partial charge in [-0.05, 0) is 55.3 Å². The number of esters is 1. The first-order chi connectivity index (χ1) is 11.4. The summed E-state index contributed by atoms with van der Waals surface area (Å²) < 4.78 is 10.8. The molecule has 0 spiro atoms. The molecular weight excluding hydrogens is 328 g/mol. The van der Waals surface area contributed by atoms with Gasteiger partial charge in [0.05, 0.1) is 12.5 Å². The van der Waals surface area contributed by atoms with Gasteiger partial charge in [-0.25, -0.2) is 4.79 Å². The van der Waals surface area contributed by atoms with E-state index in [0.29, 0.717) is 21.7 Å². The summed E-state index contributed by atoms with van der Waals surface area (Å²) in [5, 5.41) is 0.944. The second kappa shape index (κ2) is 6.13. The molecule has 1 heterocycles. The van der Waals surface area contributed by atoms with Gasteiger partial charge in [0, 0.05) is 16.7 Å². The number of hydrogen-bond acceptors (Lipinski definition) is 4. The van der Waals surface area contributed by atoms with Gasteiger partial charge in [0.2, 0.25) is 0 Å². The average Bonchev–Trinajstić information content (AvgIpc) is 2.57. The van der Waals surface area contributed by atoms with Crippen molar-refractivity contribution in [3.8, 4) is 11.3 Å². The zero-order chi connectivity index (χ0) is 17.4. The van der Waals surface area contributed by atoms with Crippen LogP contribution >= 0.6 is 11.6 Å². The molecule has 0 bridgehead atoms. The van der Waals surface area contributed by atoms with E-state index in [9.17, 15) is 9.59 Å². The van der Waals surface area contributed by atoms with Gasteiger partial charge in [-0.2, -0.15) is 0 Å². The van der Waals surface area contributed by atoms with Crippen LogP contribution in [0.5, 0.6) is 0 Å². The number of carbonyl (C=O) groups excluding carboxylic acids is 1. The van der Waals surface area contributed by atoms with Crippen LogP contribution in [0.25, 0.3) is 22.3 Å². The summed E-state index contributed by atoms with van der Waals surface area (Å²) in [5.74, 6) is -0.157. The first-order valence-electron chi connectivity index (χ1n) is 7.34. The number of methoxy groups -OCH3 is 1. The van der Waals surface area contributed by atoms with E-state index in [1.54, 1.807) is 37.3 Å². The first-order valence-corrected chi connectivity index (χ1v) is 7.72. The molecular formula is C19H15ClO4. The minimum absolute atomic E-state index is 0.213. The van der Waals surface area contributed by atoms with Gasteiger partial charge >= 0.3 is 5.97 Å². The minimum atomic E-state index is -0.530. The van der Waals surface area contributed by atoms with Gasteiger partial charge in [-0.1, -0.05) is 11.6 Å². The Morgan fingerprint density at radius 1 is 1.12 bits per heavy atom. The molecule has 0 saturated carbocycles. The molecule has 0 fully saturated rings. The Kier molecular flexibility index (Phi) is 4.16. The molecule has 4 nitrogen and oxygen atoms in total. The molecule has 0 aliphatic heterocycles. The summed E-state index contributed by atoms with van der Waals surface area (Å²) in [6.45, 7) is 3.64. The van der Waals surface area contributed by atoms with Gasteiger partial charge in [0.1, 0.15) is 11.3 Å². The summed E-state index contributed by atoms with van der Waals surface area (Å²) in [6, 6.07) is 10.1. The lowest BCUT2D eigenvalue weighted by molar-refractivity contribution is 0.0601. The highest BCUT2D eigenvalue weighted by Crippen LogP contribution is 2.29. The molecule has 0 saturated heterocycles. The molecule has 2 aromatic carbocycles. The maximum atomic E-state index is 12.5. The number of rotatable bonds is 2. The number of hydrogen-bond donors (Lipinski definition) is 0. The molecule has 0 amide bonds. The van der Waals surface area contributed by atoms with E-state index in [2.05, 4.69) is 0 Å². The summed E-state index contributed by atoms with van der Waals surface area (Å²) >= 11 is 5.90. The molecule has 3 rings (SSSR count). The molecule has 3 aromatic rings. The van der Waals surface area contributed by atoms with Gasteiger partial charge in [-0.15, -0.1) is 0 Å². The highest BCUT2D eigenvalue weighted by molar-refractivity contribution is 6.30. The standard InChI is InChI=1S/C19H15ClO4/c1-10-8-14-15(21)9-16(12-4-6-13(20)7-5-12)24-18(14)17(11(10)2)19(22)23-3/h4-9H,1-3H3. The third-order valence-corrected chi connectivity index (χ3v) is 4.31. The van der Waals surface area contributed by atoms with Crippen LogP contribution in [0.3, 0.4) is 0 Å². The maximum absolute atomic E-state index is 12.5. The van der Waals surface area contributed by atoms with Crippen molar-refractivity contribution in [3.05, 3.63) is 68.3 Å². The second-order valence-corrected chi connectivity index (χ2v) is 5.98. The van der Waals surface area contributed by atoms with Crippen molar-refractivity contribution in [2.75, 3.05) is 7.11 Å². The fraction of sp³-hybridized carbons (Fsp3) is 0.158. The van der Waals surface area contributed by atoms with Crippen molar-refractivity contribution in [3.63, 3.8) is 0 Å². The van der Waals surface area contributed by atoms with E-state index in [1.165, 1.54) is 13.2 Å². The van der Waals surface area contributed by atoms with Crippen LogP contribution in [0.1, 0.15) is 21.5 Å². The van der Waals surface area contributed by atoms with Gasteiger partial charge in [0.25, 0.3) is 0 Å². The van der Waals surface area contributed by atoms with Crippen LogP contribution in [-0.2, 0) is 4.74 Å². The fourth-order valence-electron chi connectivity index (χ4n) is 2.62. The molecule has 24 heavy (non-hydrogen) atoms. The number of fused-ring (bicyclic) bond motifs is 1. The number of carbonyl (C=O) groups is 1. The number of aryl methyl sites for hydroxylation is 1. The highest BCUT2D eigenvalue weighted by atomic mass is 35.5. The van der Waals surface area contributed by atoms with E-state index >= 15 is 0 Å². The number of benzene rings is 2.